The van der Waals surface area contributed by atoms with Gasteiger partial charge in [-0.25, -0.2) is 0 Å². The molecular weight excluding hydrogens is 285 g/mol. The fourth-order valence-electron chi connectivity index (χ4n) is 1.83. The number of aliphatic carboxylic acids is 1. The molecule has 0 saturated carbocycles. The van der Waals surface area contributed by atoms with Gasteiger partial charge in [0.1, 0.15) is 0 Å². The summed E-state index contributed by atoms with van der Waals surface area (Å²) < 4.78 is 2.47. The minimum absolute atomic E-state index is 0.0902. The van der Waals surface area contributed by atoms with Crippen molar-refractivity contribution in [3.63, 3.8) is 0 Å². The Balaban J connectivity index is 2.66. The van der Waals surface area contributed by atoms with Crippen molar-refractivity contribution < 1.29 is 9.90 Å². The number of carboxylic acid groups (broad SMARTS) is 1. The van der Waals surface area contributed by atoms with E-state index in [-0.39, 0.29) is 26.2 Å². The zero-order valence-corrected chi connectivity index (χ0v) is 11.3. The van der Waals surface area contributed by atoms with Crippen LogP contribution >= 0.6 is 0 Å². The van der Waals surface area contributed by atoms with Crippen LogP contribution in [0.1, 0.15) is 19.9 Å². The van der Waals surface area contributed by atoms with Crippen LogP contribution in [-0.2, 0) is 4.79 Å². The molecule has 2 rings (SSSR count). The van der Waals surface area contributed by atoms with Crippen LogP contribution in [0.25, 0.3) is 9.65 Å². The van der Waals surface area contributed by atoms with E-state index >= 15 is 0 Å². The van der Waals surface area contributed by atoms with E-state index in [2.05, 4.69) is 0 Å². The van der Waals surface area contributed by atoms with Crippen LogP contribution in [0, 0.1) is 5.92 Å². The van der Waals surface area contributed by atoms with Crippen molar-refractivity contribution >= 4 is 30.3 Å². The Hall–Kier alpha value is -1.32. The van der Waals surface area contributed by atoms with Gasteiger partial charge in [-0.15, -0.1) is 0 Å². The van der Waals surface area contributed by atoms with Crippen LogP contribution in [0.4, 0.5) is 0 Å². The van der Waals surface area contributed by atoms with E-state index < -0.39 is 12.0 Å². The predicted octanol–water partition coefficient (Wildman–Crippen LogP) is 1.34. The quantitative estimate of drug-likeness (QED) is 0.870. The number of carbonyl (C=O) groups is 1. The molecule has 1 atom stereocenters. The molecule has 2 aromatic rings. The molecule has 17 heavy (non-hydrogen) atoms. The summed E-state index contributed by atoms with van der Waals surface area (Å²) in [6, 6.07) is 6.62. The Labute approximate surface area is 104 Å². The summed E-state index contributed by atoms with van der Waals surface area (Å²) in [5.74, 6) is -1.02. The molecule has 1 aromatic heterocycles. The molecule has 1 N–H and O–H groups in total. The fraction of sp³-hybridized carbons (Fsp3) is 0.333. The van der Waals surface area contributed by atoms with Crippen LogP contribution in [0.2, 0.25) is 0 Å². The van der Waals surface area contributed by atoms with Crippen LogP contribution in [0.15, 0.2) is 29.1 Å². The summed E-state index contributed by atoms with van der Waals surface area (Å²) in [5, 5.41) is 9.87. The number of hydrogen-bond acceptors (Lipinski definition) is 2. The molecule has 0 radical (unpaired) electrons. The first-order valence-corrected chi connectivity index (χ1v) is 6.98. The van der Waals surface area contributed by atoms with Gasteiger partial charge in [-0.1, -0.05) is 0 Å². The van der Waals surface area contributed by atoms with E-state index in [0.29, 0.717) is 5.39 Å². The van der Waals surface area contributed by atoms with Gasteiger partial charge in [-0.3, -0.25) is 0 Å². The van der Waals surface area contributed by atoms with Crippen LogP contribution < -0.4 is 5.56 Å². The molecule has 90 valence electrons. The van der Waals surface area contributed by atoms with Gasteiger partial charge in [0.15, 0.2) is 0 Å². The molecular formula is C12H13NO3Se. The second-order valence-electron chi connectivity index (χ2n) is 4.25. The first-order chi connectivity index (χ1) is 8.02. The van der Waals surface area contributed by atoms with Crippen molar-refractivity contribution in [1.29, 1.82) is 0 Å². The maximum atomic E-state index is 12.1. The summed E-state index contributed by atoms with van der Waals surface area (Å²) in [5.41, 5.74) is -0.151. The van der Waals surface area contributed by atoms with Crippen molar-refractivity contribution in [2.75, 3.05) is 0 Å². The molecule has 0 aliphatic heterocycles. The normalized spacial score (nSPS) is 13.1. The predicted molar refractivity (Wildman–Crippen MR) is 66.7 cm³/mol. The van der Waals surface area contributed by atoms with Crippen molar-refractivity contribution in [3.8, 4) is 0 Å². The zero-order valence-electron chi connectivity index (χ0n) is 9.58. The van der Waals surface area contributed by atoms with Crippen molar-refractivity contribution in [3.05, 3.63) is 34.6 Å². The molecule has 0 unspecified atom stereocenters. The van der Waals surface area contributed by atoms with Gasteiger partial charge in [0.25, 0.3) is 0 Å². The Bertz CT molecular complexity index is 611. The van der Waals surface area contributed by atoms with E-state index in [0.717, 1.165) is 4.26 Å². The topological polar surface area (TPSA) is 59.3 Å². The average Bonchev–Trinajstić information content (AvgIpc) is 2.56. The Morgan fingerprint density at radius 1 is 1.35 bits per heavy atom. The second-order valence-corrected chi connectivity index (χ2v) is 6.38. The van der Waals surface area contributed by atoms with Gasteiger partial charge in [0.2, 0.25) is 0 Å². The SMILES string of the molecule is CC(C)[C@@H](C(=O)O)n1[se]c2ccccc2c1=O. The fourth-order valence-corrected chi connectivity index (χ4v) is 4.42. The van der Waals surface area contributed by atoms with Gasteiger partial charge < -0.3 is 0 Å². The van der Waals surface area contributed by atoms with Crippen LogP contribution in [0.3, 0.4) is 0 Å². The third-order valence-electron chi connectivity index (χ3n) is 2.65. The number of benzene rings is 1. The monoisotopic (exact) mass is 299 g/mol. The van der Waals surface area contributed by atoms with Crippen molar-refractivity contribution in [2.24, 2.45) is 5.92 Å². The van der Waals surface area contributed by atoms with Crippen molar-refractivity contribution in [1.82, 2.24) is 3.56 Å². The van der Waals surface area contributed by atoms with E-state index in [1.54, 1.807) is 6.07 Å². The number of rotatable bonds is 3. The molecule has 0 aliphatic rings. The second kappa shape index (κ2) is 4.51. The number of aromatic nitrogens is 1. The Morgan fingerprint density at radius 3 is 2.53 bits per heavy atom. The number of carboxylic acids is 1. The van der Waals surface area contributed by atoms with E-state index in [9.17, 15) is 14.7 Å². The van der Waals surface area contributed by atoms with Crippen LogP contribution in [0.5, 0.6) is 0 Å². The molecule has 5 heteroatoms. The number of fused-ring (bicyclic) bond motifs is 1. The van der Waals surface area contributed by atoms with Crippen LogP contribution in [-0.4, -0.2) is 29.4 Å². The first-order valence-electron chi connectivity index (χ1n) is 5.35. The summed E-state index contributed by atoms with van der Waals surface area (Å²) in [7, 11) is 0. The molecule has 0 fully saturated rings. The molecule has 0 spiro atoms. The number of nitrogens with zero attached hydrogens (tertiary/aromatic N) is 1. The standard InChI is InChI=1S/C12H13NO3Se/c1-7(2)10(12(15)16)13-11(14)8-5-3-4-6-9(8)17-13/h3-7,10H,1-2H3,(H,15,16)/t10-/m0/s1. The Kier molecular flexibility index (Phi) is 3.22. The van der Waals surface area contributed by atoms with Gasteiger partial charge in [0.05, 0.1) is 0 Å². The van der Waals surface area contributed by atoms with Gasteiger partial charge >= 0.3 is 104 Å². The van der Waals surface area contributed by atoms with Gasteiger partial charge in [0, 0.05) is 0 Å². The summed E-state index contributed by atoms with van der Waals surface area (Å²) in [6.07, 6.45) is 0. The molecule has 1 aromatic carbocycles. The molecule has 0 amide bonds. The molecule has 1 heterocycles. The molecule has 0 bridgehead atoms. The third kappa shape index (κ3) is 2.08. The van der Waals surface area contributed by atoms with E-state index in [1.165, 1.54) is 3.56 Å². The minimum atomic E-state index is -0.928. The molecule has 0 saturated heterocycles. The average molecular weight is 298 g/mol. The van der Waals surface area contributed by atoms with Gasteiger partial charge in [-0.2, -0.15) is 0 Å². The summed E-state index contributed by atoms with van der Waals surface area (Å²) >= 11 is -0.221. The van der Waals surface area contributed by atoms with Gasteiger partial charge in [-0.05, 0) is 0 Å². The Morgan fingerprint density at radius 2 is 2.00 bits per heavy atom. The zero-order chi connectivity index (χ0) is 12.6. The summed E-state index contributed by atoms with van der Waals surface area (Å²) in [4.78, 5) is 23.4. The maximum absolute atomic E-state index is 12.1. The van der Waals surface area contributed by atoms with E-state index in [4.69, 9.17) is 0 Å². The first kappa shape index (κ1) is 12.1. The molecule has 0 aliphatic carbocycles. The summed E-state index contributed by atoms with van der Waals surface area (Å²) in [6.45, 7) is 3.65. The number of hydrogen-bond donors (Lipinski definition) is 1. The molecule has 4 nitrogen and oxygen atoms in total. The van der Waals surface area contributed by atoms with E-state index in [1.807, 2.05) is 32.0 Å². The van der Waals surface area contributed by atoms with Crippen molar-refractivity contribution in [2.45, 2.75) is 19.9 Å². The third-order valence-corrected chi connectivity index (χ3v) is 5.05.